The third-order valence-electron chi connectivity index (χ3n) is 4.03. The number of hydrogen-bond donors (Lipinski definition) is 0. The zero-order chi connectivity index (χ0) is 18.8. The predicted molar refractivity (Wildman–Crippen MR) is 108 cm³/mol. The molecular formula is C20H14N2O3S2. The number of amides is 2. The van der Waals surface area contributed by atoms with Gasteiger partial charge in [-0.05, 0) is 47.3 Å². The molecule has 7 heteroatoms. The lowest BCUT2D eigenvalue weighted by molar-refractivity contribution is -0.122. The Morgan fingerprint density at radius 1 is 1.30 bits per heavy atom. The van der Waals surface area contributed by atoms with Crippen molar-refractivity contribution < 1.29 is 14.0 Å². The number of nitrogens with zero attached hydrogens (tertiary/aromatic N) is 2. The normalized spacial score (nSPS) is 17.4. The number of furan rings is 1. The highest BCUT2D eigenvalue weighted by Crippen LogP contribution is 2.35. The van der Waals surface area contributed by atoms with Crippen molar-refractivity contribution in [1.29, 1.82) is 0 Å². The predicted octanol–water partition coefficient (Wildman–Crippen LogP) is 4.72. The molecule has 4 rings (SSSR count). The smallest absolute Gasteiger partial charge is 0.293 e. The van der Waals surface area contributed by atoms with Gasteiger partial charge >= 0.3 is 0 Å². The molecule has 2 aliphatic heterocycles. The van der Waals surface area contributed by atoms with E-state index in [4.69, 9.17) is 10.8 Å². The van der Waals surface area contributed by atoms with Crippen molar-refractivity contribution in [1.82, 2.24) is 4.90 Å². The molecule has 2 amide bonds. The standard InChI is InChI=1S/C20H14N2O3S2/c1-2-3-10-22-19(23)16(26-20(22)24)12-14-8-9-18(25-14)27-17-11-13-6-4-5-7-15(13)21-17/h1,4-9,12H,3,10-11H2/b16-12-. The number of terminal acetylenes is 1. The van der Waals surface area contributed by atoms with Gasteiger partial charge in [-0.25, -0.2) is 4.99 Å². The maximum absolute atomic E-state index is 12.3. The molecule has 134 valence electrons. The molecule has 1 aromatic heterocycles. The van der Waals surface area contributed by atoms with E-state index >= 15 is 0 Å². The van der Waals surface area contributed by atoms with Crippen LogP contribution >= 0.6 is 23.5 Å². The van der Waals surface area contributed by atoms with Gasteiger partial charge in [0.1, 0.15) is 5.76 Å². The van der Waals surface area contributed by atoms with Crippen molar-refractivity contribution in [3.05, 3.63) is 52.6 Å². The number of imide groups is 1. The first-order valence-corrected chi connectivity index (χ1v) is 9.89. The van der Waals surface area contributed by atoms with Crippen LogP contribution in [0.3, 0.4) is 0 Å². The maximum Gasteiger partial charge on any atom is 0.293 e. The van der Waals surface area contributed by atoms with E-state index in [1.165, 1.54) is 22.2 Å². The molecule has 0 atom stereocenters. The third-order valence-corrected chi connectivity index (χ3v) is 5.82. The molecule has 0 radical (unpaired) electrons. The summed E-state index contributed by atoms with van der Waals surface area (Å²) in [5.41, 5.74) is 2.19. The molecule has 2 aliphatic rings. The van der Waals surface area contributed by atoms with E-state index in [0.29, 0.717) is 22.2 Å². The minimum Gasteiger partial charge on any atom is -0.450 e. The average molecular weight is 394 g/mol. The first kappa shape index (κ1) is 17.7. The van der Waals surface area contributed by atoms with Gasteiger partial charge in [0.25, 0.3) is 11.1 Å². The van der Waals surface area contributed by atoms with Crippen molar-refractivity contribution >= 4 is 51.5 Å². The summed E-state index contributed by atoms with van der Waals surface area (Å²) < 4.78 is 5.78. The number of carbonyl (C=O) groups excluding carboxylic acids is 2. The summed E-state index contributed by atoms with van der Waals surface area (Å²) in [5.74, 6) is 2.63. The van der Waals surface area contributed by atoms with Crippen molar-refractivity contribution in [2.45, 2.75) is 17.9 Å². The number of carbonyl (C=O) groups is 2. The minimum absolute atomic E-state index is 0.234. The van der Waals surface area contributed by atoms with Gasteiger partial charge in [-0.2, -0.15) is 0 Å². The number of rotatable bonds is 4. The number of aliphatic imine (C=N–C) groups is 1. The zero-order valence-electron chi connectivity index (χ0n) is 14.2. The van der Waals surface area contributed by atoms with Crippen LogP contribution in [-0.2, 0) is 11.2 Å². The Hall–Kier alpha value is -2.69. The van der Waals surface area contributed by atoms with E-state index in [-0.39, 0.29) is 17.7 Å². The fraction of sp³-hybridized carbons (Fsp3) is 0.150. The molecule has 1 saturated heterocycles. The number of thioether (sulfide) groups is 2. The summed E-state index contributed by atoms with van der Waals surface area (Å²) in [7, 11) is 0. The van der Waals surface area contributed by atoms with Crippen LogP contribution in [0.4, 0.5) is 10.5 Å². The summed E-state index contributed by atoms with van der Waals surface area (Å²) in [6.45, 7) is 0.234. The van der Waals surface area contributed by atoms with Crippen molar-refractivity contribution in [3.63, 3.8) is 0 Å². The largest absolute Gasteiger partial charge is 0.450 e. The molecule has 0 spiro atoms. The van der Waals surface area contributed by atoms with Crippen molar-refractivity contribution in [3.8, 4) is 12.3 Å². The van der Waals surface area contributed by atoms with E-state index in [9.17, 15) is 9.59 Å². The molecule has 1 fully saturated rings. The minimum atomic E-state index is -0.332. The number of benzene rings is 1. The monoisotopic (exact) mass is 394 g/mol. The third kappa shape index (κ3) is 3.72. The molecule has 2 aromatic rings. The lowest BCUT2D eigenvalue weighted by Gasteiger charge is -2.09. The molecule has 0 saturated carbocycles. The Morgan fingerprint density at radius 2 is 2.15 bits per heavy atom. The second-order valence-corrected chi connectivity index (χ2v) is 7.93. The van der Waals surface area contributed by atoms with Crippen LogP contribution in [0.1, 0.15) is 17.7 Å². The molecule has 0 N–H and O–H groups in total. The quantitative estimate of drug-likeness (QED) is 0.555. The van der Waals surface area contributed by atoms with E-state index < -0.39 is 0 Å². The Balaban J connectivity index is 1.45. The molecule has 0 aliphatic carbocycles. The zero-order valence-corrected chi connectivity index (χ0v) is 15.8. The van der Waals surface area contributed by atoms with Crippen LogP contribution < -0.4 is 0 Å². The van der Waals surface area contributed by atoms with E-state index in [1.54, 1.807) is 12.1 Å². The van der Waals surface area contributed by atoms with Gasteiger partial charge in [0.15, 0.2) is 5.09 Å². The Bertz CT molecular complexity index is 1030. The maximum atomic E-state index is 12.3. The van der Waals surface area contributed by atoms with Gasteiger partial charge in [-0.1, -0.05) is 18.2 Å². The number of fused-ring (bicyclic) bond motifs is 1. The summed E-state index contributed by atoms with van der Waals surface area (Å²) in [4.78, 5) is 30.4. The Kier molecular flexibility index (Phi) is 4.92. The summed E-state index contributed by atoms with van der Waals surface area (Å²) in [6, 6.07) is 11.6. The Morgan fingerprint density at radius 3 is 2.96 bits per heavy atom. The molecule has 0 unspecified atom stereocenters. The second-order valence-electron chi connectivity index (χ2n) is 5.86. The highest BCUT2D eigenvalue weighted by molar-refractivity contribution is 8.18. The number of para-hydroxylation sites is 1. The van der Waals surface area contributed by atoms with E-state index in [2.05, 4.69) is 17.0 Å². The first-order chi connectivity index (χ1) is 13.1. The van der Waals surface area contributed by atoms with Crippen LogP contribution in [0.5, 0.6) is 0 Å². The van der Waals surface area contributed by atoms with Gasteiger partial charge in [0.05, 0.1) is 15.6 Å². The van der Waals surface area contributed by atoms with Crippen LogP contribution in [0, 0.1) is 12.3 Å². The fourth-order valence-corrected chi connectivity index (χ4v) is 4.47. The summed E-state index contributed by atoms with van der Waals surface area (Å²) in [6.07, 6.45) is 7.93. The van der Waals surface area contributed by atoms with Gasteiger partial charge in [-0.15, -0.1) is 12.3 Å². The van der Waals surface area contributed by atoms with Gasteiger partial charge < -0.3 is 4.42 Å². The van der Waals surface area contributed by atoms with Crippen molar-refractivity contribution in [2.24, 2.45) is 4.99 Å². The summed E-state index contributed by atoms with van der Waals surface area (Å²) in [5, 5.41) is 1.35. The highest BCUT2D eigenvalue weighted by Gasteiger charge is 2.34. The van der Waals surface area contributed by atoms with Crippen LogP contribution in [0.25, 0.3) is 6.08 Å². The SMILES string of the molecule is C#CCCN1C(=O)S/C(=C\c2ccc(SC3=Nc4ccccc4C3)o2)C1=O. The Labute approximate surface area is 164 Å². The van der Waals surface area contributed by atoms with Gasteiger partial charge in [-0.3, -0.25) is 14.5 Å². The lowest BCUT2D eigenvalue weighted by Crippen LogP contribution is -2.28. The number of hydrogen-bond acceptors (Lipinski definition) is 6. The lowest BCUT2D eigenvalue weighted by atomic mass is 10.2. The van der Waals surface area contributed by atoms with Crippen molar-refractivity contribution in [2.75, 3.05) is 6.54 Å². The molecule has 3 heterocycles. The molecule has 5 nitrogen and oxygen atoms in total. The molecule has 1 aromatic carbocycles. The second kappa shape index (κ2) is 7.51. The van der Waals surface area contributed by atoms with Crippen LogP contribution in [0.15, 0.2) is 55.8 Å². The first-order valence-electron chi connectivity index (χ1n) is 8.26. The molecular weight excluding hydrogens is 380 g/mol. The topological polar surface area (TPSA) is 62.9 Å². The van der Waals surface area contributed by atoms with Crippen LogP contribution in [0.2, 0.25) is 0 Å². The van der Waals surface area contributed by atoms with E-state index in [0.717, 1.165) is 28.9 Å². The highest BCUT2D eigenvalue weighted by atomic mass is 32.2. The molecule has 27 heavy (non-hydrogen) atoms. The fourth-order valence-electron chi connectivity index (χ4n) is 2.75. The van der Waals surface area contributed by atoms with Crippen LogP contribution in [-0.4, -0.2) is 27.6 Å². The van der Waals surface area contributed by atoms with E-state index in [1.807, 2.05) is 24.3 Å². The van der Waals surface area contributed by atoms with Gasteiger partial charge in [0.2, 0.25) is 0 Å². The molecule has 0 bridgehead atoms. The van der Waals surface area contributed by atoms with Gasteiger partial charge in [0, 0.05) is 25.5 Å². The average Bonchev–Trinajstić information content (AvgIpc) is 3.33. The summed E-state index contributed by atoms with van der Waals surface area (Å²) >= 11 is 2.36.